The summed E-state index contributed by atoms with van der Waals surface area (Å²) in [7, 11) is 0. The van der Waals surface area contributed by atoms with E-state index in [1.54, 1.807) is 0 Å². The first-order valence-electron chi connectivity index (χ1n) is 4.80. The van der Waals surface area contributed by atoms with Crippen molar-refractivity contribution in [1.29, 1.82) is 0 Å². The van der Waals surface area contributed by atoms with E-state index in [-0.39, 0.29) is 0 Å². The van der Waals surface area contributed by atoms with Crippen LogP contribution in [0.25, 0.3) is 0 Å². The van der Waals surface area contributed by atoms with Gasteiger partial charge in [-0.05, 0) is 25.3 Å². The van der Waals surface area contributed by atoms with Crippen LogP contribution in [0.2, 0.25) is 0 Å². The van der Waals surface area contributed by atoms with E-state index in [0.29, 0.717) is 5.92 Å². The number of hydrogen-bond donors (Lipinski definition) is 1. The third kappa shape index (κ3) is 6.02. The highest BCUT2D eigenvalue weighted by atomic mass is 14.5. The van der Waals surface area contributed by atoms with Crippen molar-refractivity contribution >= 4 is 0 Å². The van der Waals surface area contributed by atoms with Crippen LogP contribution in [0.5, 0.6) is 0 Å². The van der Waals surface area contributed by atoms with Crippen molar-refractivity contribution in [2.75, 3.05) is 0 Å². The Morgan fingerprint density at radius 3 is 2.67 bits per heavy atom. The second-order valence-corrected chi connectivity index (χ2v) is 3.27. The minimum absolute atomic E-state index is 0.656. The molecule has 0 bridgehead atoms. The van der Waals surface area contributed by atoms with Crippen LogP contribution in [-0.2, 0) is 0 Å². The molecule has 0 spiro atoms. The smallest absolute Gasteiger partial charge is 0.0267 e. The van der Waals surface area contributed by atoms with E-state index in [4.69, 9.17) is 5.73 Å². The number of nitrogens with two attached hydrogens (primary N) is 1. The monoisotopic (exact) mass is 167 g/mol. The fraction of sp³-hybridized carbons (Fsp3) is 0.636. The second-order valence-electron chi connectivity index (χ2n) is 3.27. The van der Waals surface area contributed by atoms with E-state index in [1.807, 2.05) is 19.1 Å². The SMILES string of the molecule is C/C=C(N)\C=C/C(C)CCCC. The molecular formula is C11H21N. The summed E-state index contributed by atoms with van der Waals surface area (Å²) >= 11 is 0. The van der Waals surface area contributed by atoms with Gasteiger partial charge in [0.1, 0.15) is 0 Å². The summed E-state index contributed by atoms with van der Waals surface area (Å²) in [6, 6.07) is 0. The third-order valence-electron chi connectivity index (χ3n) is 1.96. The van der Waals surface area contributed by atoms with Crippen LogP contribution in [0.3, 0.4) is 0 Å². The molecule has 1 atom stereocenters. The highest BCUT2D eigenvalue weighted by Gasteiger charge is 1.94. The fourth-order valence-electron chi connectivity index (χ4n) is 0.994. The zero-order chi connectivity index (χ0) is 9.40. The fourth-order valence-corrected chi connectivity index (χ4v) is 0.994. The summed E-state index contributed by atoms with van der Waals surface area (Å²) < 4.78 is 0. The molecule has 1 nitrogen and oxygen atoms in total. The highest BCUT2D eigenvalue weighted by molar-refractivity contribution is 5.13. The molecule has 0 heterocycles. The molecule has 0 saturated heterocycles. The molecule has 0 aromatic carbocycles. The van der Waals surface area contributed by atoms with Gasteiger partial charge in [-0.15, -0.1) is 0 Å². The molecule has 0 fully saturated rings. The molecular weight excluding hydrogens is 146 g/mol. The van der Waals surface area contributed by atoms with E-state index >= 15 is 0 Å². The van der Waals surface area contributed by atoms with Crippen LogP contribution < -0.4 is 5.73 Å². The predicted octanol–water partition coefficient (Wildman–Crippen LogP) is 3.23. The molecule has 2 N–H and O–H groups in total. The van der Waals surface area contributed by atoms with Crippen LogP contribution >= 0.6 is 0 Å². The standard InChI is InChI=1S/C11H21N/c1-4-6-7-10(3)8-9-11(12)5-2/h5,8-10H,4,6-7,12H2,1-3H3/b9-8-,11-5+. The van der Waals surface area contributed by atoms with E-state index in [0.717, 1.165) is 5.70 Å². The van der Waals surface area contributed by atoms with Gasteiger partial charge in [-0.1, -0.05) is 38.8 Å². The maximum atomic E-state index is 5.62. The molecule has 12 heavy (non-hydrogen) atoms. The Morgan fingerprint density at radius 1 is 1.50 bits per heavy atom. The van der Waals surface area contributed by atoms with Gasteiger partial charge in [0.2, 0.25) is 0 Å². The molecule has 0 amide bonds. The average molecular weight is 167 g/mol. The molecule has 70 valence electrons. The second kappa shape index (κ2) is 6.96. The molecule has 0 aromatic rings. The first kappa shape index (κ1) is 11.3. The Bertz CT molecular complexity index is 156. The first-order chi connectivity index (χ1) is 5.70. The molecule has 0 aliphatic rings. The summed E-state index contributed by atoms with van der Waals surface area (Å²) in [5.74, 6) is 0.656. The topological polar surface area (TPSA) is 26.0 Å². The van der Waals surface area contributed by atoms with Gasteiger partial charge in [-0.25, -0.2) is 0 Å². The summed E-state index contributed by atoms with van der Waals surface area (Å²) in [5.41, 5.74) is 6.48. The summed E-state index contributed by atoms with van der Waals surface area (Å²) in [6.45, 7) is 6.40. The van der Waals surface area contributed by atoms with Crippen molar-refractivity contribution in [2.24, 2.45) is 11.7 Å². The summed E-state index contributed by atoms with van der Waals surface area (Å²) in [4.78, 5) is 0. The number of hydrogen-bond acceptors (Lipinski definition) is 1. The van der Waals surface area contributed by atoms with Gasteiger partial charge in [0.25, 0.3) is 0 Å². The van der Waals surface area contributed by atoms with Crippen molar-refractivity contribution in [2.45, 2.75) is 40.0 Å². The third-order valence-corrected chi connectivity index (χ3v) is 1.96. The molecule has 1 heteroatoms. The lowest BCUT2D eigenvalue weighted by atomic mass is 10.0. The average Bonchev–Trinajstić information content (AvgIpc) is 2.10. The molecule has 0 aliphatic heterocycles. The van der Waals surface area contributed by atoms with Gasteiger partial charge in [0, 0.05) is 5.70 Å². The molecule has 0 aromatic heterocycles. The maximum absolute atomic E-state index is 5.62. The normalized spacial score (nSPS) is 15.4. The molecule has 0 radical (unpaired) electrons. The van der Waals surface area contributed by atoms with Gasteiger partial charge >= 0.3 is 0 Å². The van der Waals surface area contributed by atoms with Crippen molar-refractivity contribution in [3.63, 3.8) is 0 Å². The van der Waals surface area contributed by atoms with Crippen LogP contribution in [0.15, 0.2) is 23.9 Å². The Balaban J connectivity index is 3.67. The molecule has 1 unspecified atom stereocenters. The van der Waals surface area contributed by atoms with E-state index in [9.17, 15) is 0 Å². The van der Waals surface area contributed by atoms with Gasteiger partial charge in [0.15, 0.2) is 0 Å². The summed E-state index contributed by atoms with van der Waals surface area (Å²) in [5, 5.41) is 0. The number of allylic oxidation sites excluding steroid dienone is 3. The lowest BCUT2D eigenvalue weighted by molar-refractivity contribution is 0.598. The van der Waals surface area contributed by atoms with Gasteiger partial charge < -0.3 is 5.73 Å². The minimum Gasteiger partial charge on any atom is -0.399 e. The lowest BCUT2D eigenvalue weighted by Crippen LogP contribution is -1.94. The van der Waals surface area contributed by atoms with Gasteiger partial charge in [-0.3, -0.25) is 0 Å². The van der Waals surface area contributed by atoms with E-state index < -0.39 is 0 Å². The highest BCUT2D eigenvalue weighted by Crippen LogP contribution is 2.09. The minimum atomic E-state index is 0.656. The quantitative estimate of drug-likeness (QED) is 0.625. The lowest BCUT2D eigenvalue weighted by Gasteiger charge is -2.03. The molecule has 0 saturated carbocycles. The van der Waals surface area contributed by atoms with Gasteiger partial charge in [-0.2, -0.15) is 0 Å². The first-order valence-corrected chi connectivity index (χ1v) is 4.80. The molecule has 0 rings (SSSR count). The Morgan fingerprint density at radius 2 is 2.17 bits per heavy atom. The van der Waals surface area contributed by atoms with Crippen molar-refractivity contribution in [1.82, 2.24) is 0 Å². The zero-order valence-electron chi connectivity index (χ0n) is 8.51. The van der Waals surface area contributed by atoms with Crippen LogP contribution in [0.1, 0.15) is 40.0 Å². The predicted molar refractivity (Wildman–Crippen MR) is 55.8 cm³/mol. The Hall–Kier alpha value is -0.720. The maximum Gasteiger partial charge on any atom is 0.0267 e. The number of rotatable bonds is 5. The van der Waals surface area contributed by atoms with Crippen molar-refractivity contribution in [3.8, 4) is 0 Å². The van der Waals surface area contributed by atoms with Gasteiger partial charge in [0.05, 0.1) is 0 Å². The summed E-state index contributed by atoms with van der Waals surface area (Å²) in [6.07, 6.45) is 9.96. The van der Waals surface area contributed by atoms with E-state index in [1.165, 1.54) is 19.3 Å². The Labute approximate surface area is 76.3 Å². The van der Waals surface area contributed by atoms with Crippen molar-refractivity contribution < 1.29 is 0 Å². The van der Waals surface area contributed by atoms with Crippen LogP contribution in [0.4, 0.5) is 0 Å². The van der Waals surface area contributed by atoms with Crippen molar-refractivity contribution in [3.05, 3.63) is 23.9 Å². The Kier molecular flexibility index (Phi) is 6.54. The molecule has 0 aliphatic carbocycles. The van der Waals surface area contributed by atoms with Crippen LogP contribution in [-0.4, -0.2) is 0 Å². The number of unbranched alkanes of at least 4 members (excludes halogenated alkanes) is 1. The van der Waals surface area contributed by atoms with Crippen LogP contribution in [0, 0.1) is 5.92 Å². The zero-order valence-corrected chi connectivity index (χ0v) is 8.51. The van der Waals surface area contributed by atoms with E-state index in [2.05, 4.69) is 19.9 Å². The largest absolute Gasteiger partial charge is 0.399 e.